The van der Waals surface area contributed by atoms with Crippen molar-refractivity contribution in [2.45, 2.75) is 13.2 Å². The molecule has 1 unspecified atom stereocenters. The lowest BCUT2D eigenvalue weighted by atomic mass is 10.3. The topological polar surface area (TPSA) is 49.9 Å². The number of hydrogen-bond acceptors (Lipinski definition) is 3. The minimum absolute atomic E-state index is 0.189. The maximum Gasteiger partial charge on any atom is 0.416 e. The molecule has 2 rings (SSSR count). The van der Waals surface area contributed by atoms with E-state index in [9.17, 15) is 14.0 Å². The van der Waals surface area contributed by atoms with E-state index in [0.717, 1.165) is 0 Å². The highest BCUT2D eigenvalue weighted by atomic mass is 127. The summed E-state index contributed by atoms with van der Waals surface area (Å²) in [5.74, 6) is -0.595. The molecule has 1 fully saturated rings. The molecule has 1 aliphatic rings. The van der Waals surface area contributed by atoms with Gasteiger partial charge in [-0.1, -0.05) is 0 Å². The second-order valence-electron chi connectivity index (χ2n) is 4.18. The summed E-state index contributed by atoms with van der Waals surface area (Å²) >= 11 is 1.87. The molecule has 2 amide bonds. The van der Waals surface area contributed by atoms with Gasteiger partial charge in [-0.15, -0.1) is 0 Å². The molecule has 1 aliphatic heterocycles. The van der Waals surface area contributed by atoms with Crippen LogP contribution in [0.4, 0.5) is 14.9 Å². The lowest BCUT2D eigenvalue weighted by molar-refractivity contribution is -0.134. The van der Waals surface area contributed by atoms with Crippen LogP contribution in [-0.4, -0.2) is 36.7 Å². The third-order valence-electron chi connectivity index (χ3n) is 2.94. The van der Waals surface area contributed by atoms with Gasteiger partial charge in [0.25, 0.3) is 0 Å². The van der Waals surface area contributed by atoms with Crippen LogP contribution in [-0.2, 0) is 9.53 Å². The molecular weight excluding hydrogens is 366 g/mol. The first kappa shape index (κ1) is 14.0. The van der Waals surface area contributed by atoms with Gasteiger partial charge in [-0.3, -0.25) is 9.69 Å². The van der Waals surface area contributed by atoms with Crippen LogP contribution in [0.3, 0.4) is 0 Å². The summed E-state index contributed by atoms with van der Waals surface area (Å²) in [6.45, 7) is 1.58. The van der Waals surface area contributed by atoms with Crippen molar-refractivity contribution in [3.63, 3.8) is 0 Å². The Morgan fingerprint density at radius 2 is 2.26 bits per heavy atom. The summed E-state index contributed by atoms with van der Waals surface area (Å²) in [4.78, 5) is 25.6. The van der Waals surface area contributed by atoms with Crippen LogP contribution in [0.5, 0.6) is 0 Å². The Hall–Kier alpha value is -1.38. The van der Waals surface area contributed by atoms with Gasteiger partial charge in [0.15, 0.2) is 6.23 Å². The van der Waals surface area contributed by atoms with Crippen molar-refractivity contribution < 1.29 is 18.7 Å². The van der Waals surface area contributed by atoms with E-state index in [2.05, 4.69) is 0 Å². The molecule has 0 bridgehead atoms. The number of cyclic esters (lactones) is 1. The van der Waals surface area contributed by atoms with E-state index >= 15 is 0 Å². The van der Waals surface area contributed by atoms with Gasteiger partial charge in [-0.05, 0) is 40.8 Å². The molecule has 0 radical (unpaired) electrons. The number of halogens is 2. The molecule has 1 saturated heterocycles. The van der Waals surface area contributed by atoms with Crippen LogP contribution in [0.15, 0.2) is 18.2 Å². The van der Waals surface area contributed by atoms with Crippen LogP contribution in [0, 0.1) is 9.39 Å². The highest BCUT2D eigenvalue weighted by Crippen LogP contribution is 2.25. The summed E-state index contributed by atoms with van der Waals surface area (Å²) in [7, 11) is 1.55. The Balaban J connectivity index is 2.20. The van der Waals surface area contributed by atoms with Crippen LogP contribution >= 0.6 is 22.6 Å². The van der Waals surface area contributed by atoms with Gasteiger partial charge >= 0.3 is 6.09 Å². The highest BCUT2D eigenvalue weighted by molar-refractivity contribution is 14.1. The number of nitrogens with zero attached hydrogens (tertiary/aromatic N) is 2. The molecule has 19 heavy (non-hydrogen) atoms. The zero-order chi connectivity index (χ0) is 14.2. The number of ether oxygens (including phenoxy) is 1. The molecule has 0 aliphatic carbocycles. The van der Waals surface area contributed by atoms with E-state index in [-0.39, 0.29) is 12.5 Å². The van der Waals surface area contributed by atoms with Crippen molar-refractivity contribution >= 4 is 40.3 Å². The van der Waals surface area contributed by atoms with E-state index in [4.69, 9.17) is 4.74 Å². The van der Waals surface area contributed by atoms with Gasteiger partial charge in [0, 0.05) is 17.5 Å². The van der Waals surface area contributed by atoms with E-state index < -0.39 is 18.1 Å². The fourth-order valence-corrected chi connectivity index (χ4v) is 2.05. The predicted molar refractivity (Wildman–Crippen MR) is 75.2 cm³/mol. The molecule has 0 N–H and O–H groups in total. The van der Waals surface area contributed by atoms with Crippen LogP contribution in [0.1, 0.15) is 6.92 Å². The molecule has 0 spiro atoms. The zero-order valence-electron chi connectivity index (χ0n) is 10.4. The Labute approximate surface area is 123 Å². The molecule has 1 aromatic carbocycles. The predicted octanol–water partition coefficient (Wildman–Crippen LogP) is 2.19. The summed E-state index contributed by atoms with van der Waals surface area (Å²) in [6.07, 6.45) is -1.23. The summed E-state index contributed by atoms with van der Waals surface area (Å²) in [6, 6.07) is 4.50. The third kappa shape index (κ3) is 2.80. The van der Waals surface area contributed by atoms with Crippen LogP contribution in [0.2, 0.25) is 0 Å². The number of likely N-dealkylation sites (N-methyl/N-ethyl adjacent to an activating group) is 1. The van der Waals surface area contributed by atoms with Gasteiger partial charge in [0.2, 0.25) is 5.91 Å². The van der Waals surface area contributed by atoms with Crippen molar-refractivity contribution in [1.82, 2.24) is 4.90 Å². The molecule has 0 aromatic heterocycles. The maximum atomic E-state index is 13.5. The normalized spacial score (nSPS) is 18.4. The average molecular weight is 378 g/mol. The minimum atomic E-state index is -0.646. The molecule has 0 saturated carbocycles. The Morgan fingerprint density at radius 3 is 2.84 bits per heavy atom. The summed E-state index contributed by atoms with van der Waals surface area (Å²) < 4.78 is 19.1. The SMILES string of the molecule is CC(=O)N(C)C1CN(c2ccc(I)c(F)c2)C(=O)O1. The number of amides is 2. The van der Waals surface area contributed by atoms with Crippen LogP contribution in [0.25, 0.3) is 0 Å². The molecular formula is C12H12FIN2O3. The number of anilines is 1. The highest BCUT2D eigenvalue weighted by Gasteiger charge is 2.35. The summed E-state index contributed by atoms with van der Waals surface area (Å²) in [5, 5.41) is 0. The fourth-order valence-electron chi connectivity index (χ4n) is 1.72. The molecule has 1 atom stereocenters. The maximum absolute atomic E-state index is 13.5. The first-order valence-corrected chi connectivity index (χ1v) is 6.64. The van der Waals surface area contributed by atoms with Crippen molar-refractivity contribution in [1.29, 1.82) is 0 Å². The monoisotopic (exact) mass is 378 g/mol. The zero-order valence-corrected chi connectivity index (χ0v) is 12.5. The quantitative estimate of drug-likeness (QED) is 0.742. The number of rotatable bonds is 2. The van der Waals surface area contributed by atoms with Gasteiger partial charge in [0.1, 0.15) is 5.82 Å². The minimum Gasteiger partial charge on any atom is -0.423 e. The van der Waals surface area contributed by atoms with Crippen molar-refractivity contribution in [3.05, 3.63) is 27.6 Å². The standard InChI is InChI=1S/C12H12FIN2O3/c1-7(17)15(2)11-6-16(12(18)19-11)8-3-4-10(14)9(13)5-8/h3-5,11H,6H2,1-2H3. The van der Waals surface area contributed by atoms with Crippen molar-refractivity contribution in [2.24, 2.45) is 0 Å². The Bertz CT molecular complexity index is 538. The first-order chi connectivity index (χ1) is 8.90. The number of hydrogen-bond donors (Lipinski definition) is 0. The van der Waals surface area contributed by atoms with Gasteiger partial charge in [-0.25, -0.2) is 9.18 Å². The van der Waals surface area contributed by atoms with E-state index in [1.54, 1.807) is 19.2 Å². The third-order valence-corrected chi connectivity index (χ3v) is 3.81. The lowest BCUT2D eigenvalue weighted by Crippen LogP contribution is -2.38. The summed E-state index contributed by atoms with van der Waals surface area (Å²) in [5.41, 5.74) is 0.419. The Kier molecular flexibility index (Phi) is 3.93. The first-order valence-electron chi connectivity index (χ1n) is 5.56. The average Bonchev–Trinajstić information content (AvgIpc) is 2.73. The Morgan fingerprint density at radius 1 is 1.58 bits per heavy atom. The van der Waals surface area contributed by atoms with E-state index in [1.807, 2.05) is 22.6 Å². The lowest BCUT2D eigenvalue weighted by Gasteiger charge is -2.20. The van der Waals surface area contributed by atoms with E-state index in [0.29, 0.717) is 9.26 Å². The number of carbonyl (C=O) groups excluding carboxylic acids is 2. The van der Waals surface area contributed by atoms with Gasteiger partial charge in [-0.2, -0.15) is 0 Å². The van der Waals surface area contributed by atoms with Gasteiger partial charge < -0.3 is 9.64 Å². The number of carbonyl (C=O) groups is 2. The molecule has 102 valence electrons. The van der Waals surface area contributed by atoms with Gasteiger partial charge in [0.05, 0.1) is 12.2 Å². The molecule has 5 nitrogen and oxygen atoms in total. The molecule has 1 aromatic rings. The van der Waals surface area contributed by atoms with Crippen LogP contribution < -0.4 is 4.90 Å². The largest absolute Gasteiger partial charge is 0.423 e. The smallest absolute Gasteiger partial charge is 0.416 e. The van der Waals surface area contributed by atoms with E-state index in [1.165, 1.54) is 22.8 Å². The van der Waals surface area contributed by atoms with Crippen molar-refractivity contribution in [2.75, 3.05) is 18.5 Å². The molecule has 7 heteroatoms. The van der Waals surface area contributed by atoms with Crippen molar-refractivity contribution in [3.8, 4) is 0 Å². The second-order valence-corrected chi connectivity index (χ2v) is 5.34. The second kappa shape index (κ2) is 5.32. The molecule has 1 heterocycles. The number of benzene rings is 1. The fraction of sp³-hybridized carbons (Fsp3) is 0.333.